The van der Waals surface area contributed by atoms with Gasteiger partial charge in [-0.25, -0.2) is 19.1 Å². The van der Waals surface area contributed by atoms with Crippen molar-refractivity contribution in [2.45, 2.75) is 24.4 Å². The minimum absolute atomic E-state index is 0.0958. The molecular weight excluding hydrogens is 285 g/mol. The molecule has 0 amide bonds. The Morgan fingerprint density at radius 2 is 2.30 bits per heavy atom. The van der Waals surface area contributed by atoms with Crippen LogP contribution in [0, 0.1) is 5.82 Å². The van der Waals surface area contributed by atoms with Crippen LogP contribution in [-0.4, -0.2) is 25.8 Å². The lowest BCUT2D eigenvalue weighted by Crippen LogP contribution is -2.16. The summed E-state index contributed by atoms with van der Waals surface area (Å²) in [5.74, 6) is -1.50. The van der Waals surface area contributed by atoms with Gasteiger partial charge in [-0.2, -0.15) is 0 Å². The molecule has 20 heavy (non-hydrogen) atoms. The Morgan fingerprint density at radius 3 is 2.90 bits per heavy atom. The van der Waals surface area contributed by atoms with E-state index in [1.54, 1.807) is 0 Å². The smallest absolute Gasteiger partial charge is 0.343 e. The Bertz CT molecular complexity index is 695. The molecule has 0 saturated carbocycles. The van der Waals surface area contributed by atoms with Crippen molar-refractivity contribution >= 4 is 17.7 Å². The van der Waals surface area contributed by atoms with Crippen LogP contribution in [-0.2, 0) is 12.3 Å². The second-order valence-corrected chi connectivity index (χ2v) is 4.90. The number of carbonyl (C=O) groups is 1. The van der Waals surface area contributed by atoms with Crippen LogP contribution >= 0.6 is 11.8 Å². The van der Waals surface area contributed by atoms with Gasteiger partial charge in [-0.15, -0.1) is 5.10 Å². The highest BCUT2D eigenvalue weighted by Crippen LogP contribution is 2.22. The van der Waals surface area contributed by atoms with Crippen molar-refractivity contribution in [3.63, 3.8) is 0 Å². The molecule has 0 bridgehead atoms. The SMILES string of the molecule is CCn1c(SCc2ccc(C(=O)O)cc2F)n[nH]c1=O. The van der Waals surface area contributed by atoms with Crippen molar-refractivity contribution in [3.05, 3.63) is 45.6 Å². The van der Waals surface area contributed by atoms with E-state index in [2.05, 4.69) is 10.2 Å². The summed E-state index contributed by atoms with van der Waals surface area (Å²) in [4.78, 5) is 22.1. The van der Waals surface area contributed by atoms with Crippen LogP contribution < -0.4 is 5.69 Å². The lowest BCUT2D eigenvalue weighted by atomic mass is 10.1. The Morgan fingerprint density at radius 1 is 1.55 bits per heavy atom. The van der Waals surface area contributed by atoms with Crippen LogP contribution in [0.4, 0.5) is 4.39 Å². The summed E-state index contributed by atoms with van der Waals surface area (Å²) < 4.78 is 15.2. The summed E-state index contributed by atoms with van der Waals surface area (Å²) in [5.41, 5.74) is -0.0451. The lowest BCUT2D eigenvalue weighted by Gasteiger charge is -2.04. The number of nitrogens with zero attached hydrogens (tertiary/aromatic N) is 2. The van der Waals surface area contributed by atoms with Gasteiger partial charge < -0.3 is 5.11 Å². The number of H-pyrrole nitrogens is 1. The molecule has 2 aromatic rings. The highest BCUT2D eigenvalue weighted by atomic mass is 32.2. The highest BCUT2D eigenvalue weighted by molar-refractivity contribution is 7.98. The summed E-state index contributed by atoms with van der Waals surface area (Å²) in [6, 6.07) is 3.75. The maximum Gasteiger partial charge on any atom is 0.343 e. The van der Waals surface area contributed by atoms with Gasteiger partial charge in [0.25, 0.3) is 0 Å². The molecule has 0 aliphatic carbocycles. The number of halogens is 1. The third-order valence-corrected chi connectivity index (χ3v) is 3.72. The molecule has 0 aliphatic heterocycles. The normalized spacial score (nSPS) is 10.7. The molecule has 106 valence electrons. The minimum atomic E-state index is -1.17. The van der Waals surface area contributed by atoms with Gasteiger partial charge in [-0.05, 0) is 24.6 Å². The molecule has 1 aromatic heterocycles. The minimum Gasteiger partial charge on any atom is -0.478 e. The molecule has 2 rings (SSSR count). The maximum absolute atomic E-state index is 13.7. The molecule has 0 aliphatic rings. The van der Waals surface area contributed by atoms with E-state index in [0.29, 0.717) is 17.3 Å². The molecule has 1 heterocycles. The summed E-state index contributed by atoms with van der Waals surface area (Å²) in [7, 11) is 0. The second kappa shape index (κ2) is 5.91. The van der Waals surface area contributed by atoms with E-state index >= 15 is 0 Å². The molecule has 0 radical (unpaired) electrons. The first-order valence-electron chi connectivity index (χ1n) is 5.82. The number of benzene rings is 1. The Labute approximate surface area is 117 Å². The van der Waals surface area contributed by atoms with Crippen LogP contribution in [0.1, 0.15) is 22.8 Å². The van der Waals surface area contributed by atoms with Gasteiger partial charge in [0.15, 0.2) is 5.16 Å². The van der Waals surface area contributed by atoms with Crippen molar-refractivity contribution < 1.29 is 14.3 Å². The van der Waals surface area contributed by atoms with Gasteiger partial charge in [0.1, 0.15) is 5.82 Å². The van der Waals surface area contributed by atoms with Gasteiger partial charge in [-0.3, -0.25) is 4.57 Å². The number of thioether (sulfide) groups is 1. The van der Waals surface area contributed by atoms with Gasteiger partial charge >= 0.3 is 11.7 Å². The first-order chi connectivity index (χ1) is 9.52. The van der Waals surface area contributed by atoms with E-state index in [1.165, 1.54) is 28.5 Å². The molecule has 0 atom stereocenters. The topological polar surface area (TPSA) is 88.0 Å². The number of aromatic amines is 1. The number of aromatic nitrogens is 3. The maximum atomic E-state index is 13.7. The number of nitrogens with one attached hydrogen (secondary N) is 1. The van der Waals surface area contributed by atoms with E-state index in [1.807, 2.05) is 6.92 Å². The quantitative estimate of drug-likeness (QED) is 0.820. The van der Waals surface area contributed by atoms with Gasteiger partial charge in [0, 0.05) is 12.3 Å². The summed E-state index contributed by atoms with van der Waals surface area (Å²) in [5, 5.41) is 15.4. The van der Waals surface area contributed by atoms with Crippen molar-refractivity contribution in [3.8, 4) is 0 Å². The predicted octanol–water partition coefficient (Wildman–Crippen LogP) is 1.72. The van der Waals surface area contributed by atoms with E-state index in [9.17, 15) is 14.0 Å². The number of hydrogen-bond acceptors (Lipinski definition) is 4. The van der Waals surface area contributed by atoms with Crippen LogP contribution in [0.25, 0.3) is 0 Å². The highest BCUT2D eigenvalue weighted by Gasteiger charge is 2.11. The van der Waals surface area contributed by atoms with Crippen LogP contribution in [0.5, 0.6) is 0 Å². The Hall–Kier alpha value is -2.09. The Balaban J connectivity index is 2.15. The van der Waals surface area contributed by atoms with Gasteiger partial charge in [0.05, 0.1) is 5.56 Å². The van der Waals surface area contributed by atoms with Crippen LogP contribution in [0.2, 0.25) is 0 Å². The lowest BCUT2D eigenvalue weighted by molar-refractivity contribution is 0.0696. The van der Waals surface area contributed by atoms with Gasteiger partial charge in [-0.1, -0.05) is 17.8 Å². The third kappa shape index (κ3) is 2.90. The monoisotopic (exact) mass is 297 g/mol. The predicted molar refractivity (Wildman–Crippen MR) is 71.4 cm³/mol. The van der Waals surface area contributed by atoms with E-state index in [0.717, 1.165) is 6.07 Å². The number of rotatable bonds is 5. The largest absolute Gasteiger partial charge is 0.478 e. The van der Waals surface area contributed by atoms with Crippen molar-refractivity contribution in [1.29, 1.82) is 0 Å². The number of aromatic carboxylic acids is 1. The zero-order valence-corrected chi connectivity index (χ0v) is 11.4. The molecule has 0 saturated heterocycles. The summed E-state index contributed by atoms with van der Waals surface area (Å²) >= 11 is 1.21. The summed E-state index contributed by atoms with van der Waals surface area (Å²) in [6.07, 6.45) is 0. The van der Waals surface area contributed by atoms with E-state index < -0.39 is 11.8 Å². The molecule has 2 N–H and O–H groups in total. The fourth-order valence-corrected chi connectivity index (χ4v) is 2.63. The average molecular weight is 297 g/mol. The van der Waals surface area contributed by atoms with Crippen LogP contribution in [0.3, 0.4) is 0 Å². The zero-order chi connectivity index (χ0) is 14.7. The van der Waals surface area contributed by atoms with Crippen molar-refractivity contribution in [2.75, 3.05) is 0 Å². The molecular formula is C12H12FN3O3S. The molecule has 1 aromatic carbocycles. The fraction of sp³-hybridized carbons (Fsp3) is 0.250. The number of carboxylic acid groups (broad SMARTS) is 1. The average Bonchev–Trinajstić information content (AvgIpc) is 2.77. The van der Waals surface area contributed by atoms with Crippen molar-refractivity contribution in [2.24, 2.45) is 0 Å². The first-order valence-corrected chi connectivity index (χ1v) is 6.81. The molecule has 6 nitrogen and oxygen atoms in total. The van der Waals surface area contributed by atoms with Gasteiger partial charge in [0.2, 0.25) is 0 Å². The number of carboxylic acids is 1. The fourth-order valence-electron chi connectivity index (χ4n) is 1.63. The molecule has 0 fully saturated rings. The van der Waals surface area contributed by atoms with Crippen LogP contribution in [0.15, 0.2) is 28.2 Å². The van der Waals surface area contributed by atoms with Crippen molar-refractivity contribution in [1.82, 2.24) is 14.8 Å². The zero-order valence-electron chi connectivity index (χ0n) is 10.6. The molecule has 8 heteroatoms. The summed E-state index contributed by atoms with van der Waals surface area (Å²) in [6.45, 7) is 2.28. The van der Waals surface area contributed by atoms with E-state index in [4.69, 9.17) is 5.11 Å². The molecule has 0 spiro atoms. The third-order valence-electron chi connectivity index (χ3n) is 2.70. The Kier molecular flexibility index (Phi) is 4.23. The molecule has 0 unspecified atom stereocenters. The standard InChI is InChI=1S/C12H12FN3O3S/c1-2-16-11(19)14-15-12(16)20-6-8-4-3-7(10(17)18)5-9(8)13/h3-5H,2,6H2,1H3,(H,14,19)(H,17,18). The second-order valence-electron chi connectivity index (χ2n) is 3.96. The number of hydrogen-bond donors (Lipinski definition) is 2. The van der Waals surface area contributed by atoms with E-state index in [-0.39, 0.29) is 17.0 Å². The first kappa shape index (κ1) is 14.3.